The normalized spacial score (nSPS) is 17.0. The summed E-state index contributed by atoms with van der Waals surface area (Å²) in [5.41, 5.74) is 0.517. The highest BCUT2D eigenvalue weighted by Gasteiger charge is 2.23. The number of benzene rings is 1. The van der Waals surface area contributed by atoms with Gasteiger partial charge >= 0.3 is 0 Å². The van der Waals surface area contributed by atoms with Crippen LogP contribution in [0.15, 0.2) is 24.3 Å². The van der Waals surface area contributed by atoms with Crippen LogP contribution < -0.4 is 0 Å². The molecule has 5 nitrogen and oxygen atoms in total. The van der Waals surface area contributed by atoms with Crippen LogP contribution in [-0.4, -0.2) is 68.9 Å². The summed E-state index contributed by atoms with van der Waals surface area (Å²) in [4.78, 5) is 16.2. The number of nitrogens with zero attached hydrogens (tertiary/aromatic N) is 2. The first kappa shape index (κ1) is 16.3. The van der Waals surface area contributed by atoms with Crippen LogP contribution in [0.1, 0.15) is 10.4 Å². The first-order chi connectivity index (χ1) is 9.87. The Hall–Kier alpha value is -1.11. The number of carbonyl (C=O) groups excluding carboxylic acids is 1. The van der Waals surface area contributed by atoms with Crippen LogP contribution in [0.3, 0.4) is 0 Å². The molecule has 1 aliphatic rings. The van der Waals surface area contributed by atoms with Gasteiger partial charge in [-0.1, -0.05) is 23.7 Å². The fourth-order valence-corrected chi connectivity index (χ4v) is 3.08. The number of hydrogen-bond acceptors (Lipinski definition) is 4. The van der Waals surface area contributed by atoms with Crippen LogP contribution in [0, 0.1) is 0 Å². The van der Waals surface area contributed by atoms with Crippen LogP contribution in [0.2, 0.25) is 5.02 Å². The van der Waals surface area contributed by atoms with Crippen molar-refractivity contribution in [2.45, 2.75) is 0 Å². The van der Waals surface area contributed by atoms with E-state index in [1.54, 1.807) is 29.2 Å². The lowest BCUT2D eigenvalue weighted by atomic mass is 10.2. The van der Waals surface area contributed by atoms with Gasteiger partial charge in [0.1, 0.15) is 9.84 Å². The Morgan fingerprint density at radius 1 is 1.19 bits per heavy atom. The summed E-state index contributed by atoms with van der Waals surface area (Å²) in [5.74, 6) is 0.0919. The van der Waals surface area contributed by atoms with Gasteiger partial charge in [-0.3, -0.25) is 9.69 Å². The zero-order valence-electron chi connectivity index (χ0n) is 12.0. The van der Waals surface area contributed by atoms with Gasteiger partial charge < -0.3 is 4.90 Å². The average Bonchev–Trinajstić information content (AvgIpc) is 2.45. The van der Waals surface area contributed by atoms with Gasteiger partial charge in [-0.2, -0.15) is 0 Å². The Morgan fingerprint density at radius 2 is 1.81 bits per heavy atom. The lowest BCUT2D eigenvalue weighted by Crippen LogP contribution is -2.49. The molecule has 0 atom stereocenters. The molecule has 0 spiro atoms. The van der Waals surface area contributed by atoms with E-state index in [9.17, 15) is 13.2 Å². The van der Waals surface area contributed by atoms with Crippen molar-refractivity contribution in [2.75, 3.05) is 44.7 Å². The van der Waals surface area contributed by atoms with Crippen molar-refractivity contribution < 1.29 is 13.2 Å². The molecule has 1 aromatic rings. The third-order valence-corrected chi connectivity index (χ3v) is 4.80. The molecule has 1 aromatic carbocycles. The number of piperazine rings is 1. The van der Waals surface area contributed by atoms with Gasteiger partial charge in [-0.25, -0.2) is 8.42 Å². The first-order valence-electron chi connectivity index (χ1n) is 6.81. The third-order valence-electron chi connectivity index (χ3n) is 3.54. The molecule has 1 fully saturated rings. The minimum absolute atomic E-state index is 0.0663. The van der Waals surface area contributed by atoms with E-state index in [0.29, 0.717) is 43.3 Å². The second-order valence-corrected chi connectivity index (χ2v) is 7.91. The molecule has 2 rings (SSSR count). The minimum Gasteiger partial charge on any atom is -0.336 e. The predicted octanol–water partition coefficient (Wildman–Crippen LogP) is 1.14. The number of halogens is 1. The summed E-state index contributed by atoms with van der Waals surface area (Å²) in [7, 11) is -2.94. The van der Waals surface area contributed by atoms with E-state index in [1.165, 1.54) is 6.26 Å². The molecule has 7 heteroatoms. The number of amides is 1. The topological polar surface area (TPSA) is 57.7 Å². The highest BCUT2D eigenvalue weighted by molar-refractivity contribution is 7.90. The van der Waals surface area contributed by atoms with E-state index in [2.05, 4.69) is 4.90 Å². The molecule has 1 saturated heterocycles. The molecule has 0 bridgehead atoms. The van der Waals surface area contributed by atoms with Crippen LogP contribution in [0.4, 0.5) is 0 Å². The summed E-state index contributed by atoms with van der Waals surface area (Å²) in [6.45, 7) is 3.08. The number of sulfone groups is 1. The van der Waals surface area contributed by atoms with Crippen molar-refractivity contribution in [3.05, 3.63) is 34.9 Å². The molecule has 0 unspecified atom stereocenters. The van der Waals surface area contributed by atoms with Crippen molar-refractivity contribution in [3.63, 3.8) is 0 Å². The fraction of sp³-hybridized carbons (Fsp3) is 0.500. The van der Waals surface area contributed by atoms with Crippen LogP contribution >= 0.6 is 11.6 Å². The number of hydrogen-bond donors (Lipinski definition) is 0. The second kappa shape index (κ2) is 6.77. The first-order valence-corrected chi connectivity index (χ1v) is 9.24. The molecule has 0 saturated carbocycles. The number of carbonyl (C=O) groups is 1. The quantitative estimate of drug-likeness (QED) is 0.831. The molecular formula is C14H19ClN2O3S. The minimum atomic E-state index is -2.94. The molecular weight excluding hydrogens is 312 g/mol. The van der Waals surface area contributed by atoms with Crippen LogP contribution in [-0.2, 0) is 9.84 Å². The Kier molecular flexibility index (Phi) is 5.24. The average molecular weight is 331 g/mol. The Balaban J connectivity index is 1.89. The van der Waals surface area contributed by atoms with E-state index in [1.807, 2.05) is 0 Å². The summed E-state index contributed by atoms with van der Waals surface area (Å²) in [6.07, 6.45) is 1.24. The van der Waals surface area contributed by atoms with Crippen molar-refractivity contribution >= 4 is 27.3 Å². The van der Waals surface area contributed by atoms with E-state index in [-0.39, 0.29) is 11.7 Å². The SMILES string of the molecule is CS(=O)(=O)CCN1CCN(C(=O)c2ccccc2Cl)CC1. The summed E-state index contributed by atoms with van der Waals surface area (Å²) < 4.78 is 22.3. The van der Waals surface area contributed by atoms with Crippen molar-refractivity contribution in [1.29, 1.82) is 0 Å². The summed E-state index contributed by atoms with van der Waals surface area (Å²) in [5, 5.41) is 0.460. The maximum Gasteiger partial charge on any atom is 0.255 e. The van der Waals surface area contributed by atoms with Gasteiger partial charge in [-0.15, -0.1) is 0 Å². The Morgan fingerprint density at radius 3 is 2.38 bits per heavy atom. The van der Waals surface area contributed by atoms with E-state index >= 15 is 0 Å². The van der Waals surface area contributed by atoms with Gasteiger partial charge in [0.05, 0.1) is 16.3 Å². The lowest BCUT2D eigenvalue weighted by molar-refractivity contribution is 0.0644. The predicted molar refractivity (Wildman–Crippen MR) is 83.5 cm³/mol. The van der Waals surface area contributed by atoms with Crippen LogP contribution in [0.5, 0.6) is 0 Å². The smallest absolute Gasteiger partial charge is 0.255 e. The van der Waals surface area contributed by atoms with Gasteiger partial charge in [0.15, 0.2) is 0 Å². The van der Waals surface area contributed by atoms with E-state index in [4.69, 9.17) is 11.6 Å². The van der Waals surface area contributed by atoms with E-state index < -0.39 is 9.84 Å². The zero-order valence-corrected chi connectivity index (χ0v) is 13.5. The number of rotatable bonds is 4. The summed E-state index contributed by atoms with van der Waals surface area (Å²) >= 11 is 6.04. The Labute approximate surface area is 130 Å². The maximum atomic E-state index is 12.4. The monoisotopic (exact) mass is 330 g/mol. The van der Waals surface area contributed by atoms with Gasteiger partial charge in [0, 0.05) is 39.0 Å². The maximum absolute atomic E-state index is 12.4. The molecule has 1 amide bonds. The highest BCUT2D eigenvalue weighted by Crippen LogP contribution is 2.18. The largest absolute Gasteiger partial charge is 0.336 e. The van der Waals surface area contributed by atoms with Crippen molar-refractivity contribution in [1.82, 2.24) is 9.80 Å². The molecule has 1 heterocycles. The second-order valence-electron chi connectivity index (χ2n) is 5.24. The third kappa shape index (κ3) is 4.69. The zero-order chi connectivity index (χ0) is 15.5. The van der Waals surface area contributed by atoms with Gasteiger partial charge in [-0.05, 0) is 12.1 Å². The molecule has 21 heavy (non-hydrogen) atoms. The molecule has 0 radical (unpaired) electrons. The Bertz CT molecular complexity index is 610. The lowest BCUT2D eigenvalue weighted by Gasteiger charge is -2.34. The van der Waals surface area contributed by atoms with Gasteiger partial charge in [0.2, 0.25) is 0 Å². The molecule has 0 N–H and O–H groups in total. The van der Waals surface area contributed by atoms with Crippen molar-refractivity contribution in [2.24, 2.45) is 0 Å². The highest BCUT2D eigenvalue weighted by atomic mass is 35.5. The molecule has 0 aromatic heterocycles. The summed E-state index contributed by atoms with van der Waals surface area (Å²) in [6, 6.07) is 7.02. The fourth-order valence-electron chi connectivity index (χ4n) is 2.27. The standard InChI is InChI=1S/C14H19ClN2O3S/c1-21(19,20)11-10-16-6-8-17(9-7-16)14(18)12-4-2-3-5-13(12)15/h2-5H,6-11H2,1H3. The van der Waals surface area contributed by atoms with Crippen molar-refractivity contribution in [3.8, 4) is 0 Å². The molecule has 0 aliphatic carbocycles. The van der Waals surface area contributed by atoms with Gasteiger partial charge in [0.25, 0.3) is 5.91 Å². The molecule has 1 aliphatic heterocycles. The molecule has 116 valence electrons. The van der Waals surface area contributed by atoms with Crippen LogP contribution in [0.25, 0.3) is 0 Å². The van der Waals surface area contributed by atoms with E-state index in [0.717, 1.165) is 0 Å².